The normalized spacial score (nSPS) is 10.6. The van der Waals surface area contributed by atoms with Crippen LogP contribution in [-0.2, 0) is 0 Å². The molecule has 96 valence electrons. The summed E-state index contributed by atoms with van der Waals surface area (Å²) in [6, 6.07) is 15.4. The molecule has 2 aromatic rings. The van der Waals surface area contributed by atoms with Gasteiger partial charge in [0, 0.05) is 7.05 Å². The lowest BCUT2D eigenvalue weighted by atomic mass is 10.1. The minimum absolute atomic E-state index is 0.181. The molecule has 0 bridgehead atoms. The van der Waals surface area contributed by atoms with Crippen molar-refractivity contribution < 1.29 is 4.79 Å². The minimum atomic E-state index is -0.181. The van der Waals surface area contributed by atoms with Crippen LogP contribution in [0.25, 0.3) is 12.2 Å². The van der Waals surface area contributed by atoms with E-state index in [1.165, 1.54) is 0 Å². The maximum absolute atomic E-state index is 11.6. The second-order valence-electron chi connectivity index (χ2n) is 4.06. The van der Waals surface area contributed by atoms with Gasteiger partial charge in [0.1, 0.15) is 0 Å². The number of amides is 1. The van der Waals surface area contributed by atoms with Crippen LogP contribution >= 0.6 is 11.6 Å². The average molecular weight is 272 g/mol. The highest BCUT2D eigenvalue weighted by atomic mass is 35.5. The van der Waals surface area contributed by atoms with E-state index in [4.69, 9.17) is 11.6 Å². The van der Waals surface area contributed by atoms with Gasteiger partial charge in [-0.25, -0.2) is 0 Å². The van der Waals surface area contributed by atoms with E-state index < -0.39 is 0 Å². The summed E-state index contributed by atoms with van der Waals surface area (Å²) in [6.07, 6.45) is 3.95. The van der Waals surface area contributed by atoms with Crippen LogP contribution in [-0.4, -0.2) is 13.0 Å². The van der Waals surface area contributed by atoms with Crippen LogP contribution < -0.4 is 5.32 Å². The lowest BCUT2D eigenvalue weighted by molar-refractivity contribution is 0.0963. The smallest absolute Gasteiger partial charge is 0.252 e. The van der Waals surface area contributed by atoms with Crippen LogP contribution in [0.1, 0.15) is 21.5 Å². The number of hydrogen-bond acceptors (Lipinski definition) is 1. The molecule has 2 aromatic carbocycles. The zero-order valence-electron chi connectivity index (χ0n) is 10.6. The third kappa shape index (κ3) is 3.46. The molecule has 0 spiro atoms. The second kappa shape index (κ2) is 6.21. The SMILES string of the molecule is CNC(=O)c1cc(C=Cc2ccccc2)ccc1Cl. The van der Waals surface area contributed by atoms with E-state index in [2.05, 4.69) is 5.32 Å². The van der Waals surface area contributed by atoms with Crippen molar-refractivity contribution in [3.63, 3.8) is 0 Å². The fourth-order valence-electron chi connectivity index (χ4n) is 1.71. The van der Waals surface area contributed by atoms with Crippen molar-refractivity contribution in [1.29, 1.82) is 0 Å². The summed E-state index contributed by atoms with van der Waals surface area (Å²) in [4.78, 5) is 11.6. The van der Waals surface area contributed by atoms with Gasteiger partial charge in [0.2, 0.25) is 0 Å². The van der Waals surface area contributed by atoms with Crippen molar-refractivity contribution in [3.8, 4) is 0 Å². The molecule has 2 rings (SSSR count). The molecule has 0 aromatic heterocycles. The molecular formula is C16H14ClNO. The average Bonchev–Trinajstić information content (AvgIpc) is 2.46. The Kier molecular flexibility index (Phi) is 4.37. The summed E-state index contributed by atoms with van der Waals surface area (Å²) >= 11 is 6.00. The molecule has 0 heterocycles. The van der Waals surface area contributed by atoms with Crippen molar-refractivity contribution >= 4 is 29.7 Å². The molecule has 0 saturated heterocycles. The summed E-state index contributed by atoms with van der Waals surface area (Å²) in [5.41, 5.74) is 2.53. The Morgan fingerprint density at radius 2 is 1.74 bits per heavy atom. The van der Waals surface area contributed by atoms with E-state index in [0.717, 1.165) is 11.1 Å². The van der Waals surface area contributed by atoms with Crippen molar-refractivity contribution in [3.05, 3.63) is 70.2 Å². The Bertz CT molecular complexity index is 605. The predicted octanol–water partition coefficient (Wildman–Crippen LogP) is 3.87. The largest absolute Gasteiger partial charge is 0.355 e. The van der Waals surface area contributed by atoms with Gasteiger partial charge in [-0.2, -0.15) is 0 Å². The van der Waals surface area contributed by atoms with Gasteiger partial charge in [0.25, 0.3) is 5.91 Å². The summed E-state index contributed by atoms with van der Waals surface area (Å²) in [6.45, 7) is 0. The minimum Gasteiger partial charge on any atom is -0.355 e. The summed E-state index contributed by atoms with van der Waals surface area (Å²) in [5, 5.41) is 3.03. The molecule has 2 nitrogen and oxygen atoms in total. The van der Waals surface area contributed by atoms with Gasteiger partial charge in [-0.1, -0.05) is 60.2 Å². The molecule has 0 radical (unpaired) electrons. The molecule has 0 atom stereocenters. The van der Waals surface area contributed by atoms with Crippen LogP contribution in [0.5, 0.6) is 0 Å². The lowest BCUT2D eigenvalue weighted by Crippen LogP contribution is -2.18. The Hall–Kier alpha value is -2.06. The van der Waals surface area contributed by atoms with Crippen LogP contribution in [0.3, 0.4) is 0 Å². The van der Waals surface area contributed by atoms with Crippen molar-refractivity contribution in [2.75, 3.05) is 7.05 Å². The van der Waals surface area contributed by atoms with Crippen LogP contribution in [0, 0.1) is 0 Å². The number of halogens is 1. The van der Waals surface area contributed by atoms with E-state index in [9.17, 15) is 4.79 Å². The molecule has 19 heavy (non-hydrogen) atoms. The topological polar surface area (TPSA) is 29.1 Å². The Morgan fingerprint density at radius 3 is 2.42 bits per heavy atom. The van der Waals surface area contributed by atoms with Crippen molar-refractivity contribution in [2.24, 2.45) is 0 Å². The number of hydrogen-bond donors (Lipinski definition) is 1. The number of carbonyl (C=O) groups is 1. The van der Waals surface area contributed by atoms with Gasteiger partial charge < -0.3 is 5.32 Å². The number of nitrogens with one attached hydrogen (secondary N) is 1. The quantitative estimate of drug-likeness (QED) is 0.844. The van der Waals surface area contributed by atoms with Crippen LogP contribution in [0.4, 0.5) is 0 Å². The number of rotatable bonds is 3. The summed E-state index contributed by atoms with van der Waals surface area (Å²) < 4.78 is 0. The fraction of sp³-hybridized carbons (Fsp3) is 0.0625. The van der Waals surface area contributed by atoms with Gasteiger partial charge in [-0.3, -0.25) is 4.79 Å². The highest BCUT2D eigenvalue weighted by Crippen LogP contribution is 2.19. The molecule has 3 heteroatoms. The molecule has 1 N–H and O–H groups in total. The highest BCUT2D eigenvalue weighted by molar-refractivity contribution is 6.33. The number of carbonyl (C=O) groups excluding carboxylic acids is 1. The third-order valence-corrected chi connectivity index (χ3v) is 3.06. The maximum atomic E-state index is 11.6. The van der Waals surface area contributed by atoms with Crippen molar-refractivity contribution in [2.45, 2.75) is 0 Å². The Labute approximate surface area is 117 Å². The monoisotopic (exact) mass is 271 g/mol. The first-order chi connectivity index (χ1) is 9.20. The molecule has 0 fully saturated rings. The summed E-state index contributed by atoms with van der Waals surface area (Å²) in [7, 11) is 1.59. The molecular weight excluding hydrogens is 258 g/mol. The van der Waals surface area contributed by atoms with Gasteiger partial charge in [0.15, 0.2) is 0 Å². The maximum Gasteiger partial charge on any atom is 0.252 e. The Morgan fingerprint density at radius 1 is 1.05 bits per heavy atom. The first kappa shape index (κ1) is 13.4. The third-order valence-electron chi connectivity index (χ3n) is 2.73. The van der Waals surface area contributed by atoms with E-state index in [-0.39, 0.29) is 5.91 Å². The summed E-state index contributed by atoms with van der Waals surface area (Å²) in [5.74, 6) is -0.181. The van der Waals surface area contributed by atoms with E-state index in [1.54, 1.807) is 19.2 Å². The van der Waals surface area contributed by atoms with Gasteiger partial charge in [-0.05, 0) is 23.3 Å². The Balaban J connectivity index is 2.27. The van der Waals surface area contributed by atoms with Crippen LogP contribution in [0.2, 0.25) is 5.02 Å². The first-order valence-electron chi connectivity index (χ1n) is 5.95. The van der Waals surface area contributed by atoms with Crippen molar-refractivity contribution in [1.82, 2.24) is 5.32 Å². The van der Waals surface area contributed by atoms with Crippen LogP contribution in [0.15, 0.2) is 48.5 Å². The van der Waals surface area contributed by atoms with E-state index >= 15 is 0 Å². The fourth-order valence-corrected chi connectivity index (χ4v) is 1.92. The molecule has 0 unspecified atom stereocenters. The second-order valence-corrected chi connectivity index (χ2v) is 4.47. The first-order valence-corrected chi connectivity index (χ1v) is 6.33. The van der Waals surface area contributed by atoms with E-state index in [0.29, 0.717) is 10.6 Å². The zero-order chi connectivity index (χ0) is 13.7. The molecule has 0 aliphatic carbocycles. The molecule has 1 amide bonds. The predicted molar refractivity (Wildman–Crippen MR) is 80.2 cm³/mol. The van der Waals surface area contributed by atoms with Gasteiger partial charge in [0.05, 0.1) is 10.6 Å². The highest BCUT2D eigenvalue weighted by Gasteiger charge is 2.08. The standard InChI is InChI=1S/C16H14ClNO/c1-18-16(19)14-11-13(9-10-15(14)17)8-7-12-5-3-2-4-6-12/h2-11H,1H3,(H,18,19). The molecule has 0 aliphatic rings. The lowest BCUT2D eigenvalue weighted by Gasteiger charge is -2.04. The van der Waals surface area contributed by atoms with Gasteiger partial charge in [-0.15, -0.1) is 0 Å². The molecule has 0 saturated carbocycles. The molecule has 0 aliphatic heterocycles. The van der Waals surface area contributed by atoms with Gasteiger partial charge >= 0.3 is 0 Å². The van der Waals surface area contributed by atoms with E-state index in [1.807, 2.05) is 48.6 Å². The zero-order valence-corrected chi connectivity index (χ0v) is 11.3. The number of benzene rings is 2.